The summed E-state index contributed by atoms with van der Waals surface area (Å²) in [6.45, 7) is 0. The molecule has 0 aliphatic rings. The lowest BCUT2D eigenvalue weighted by Crippen LogP contribution is -2.01. The number of nitro groups is 1. The van der Waals surface area contributed by atoms with Crippen molar-refractivity contribution in [3.8, 4) is 5.75 Å². The standard InChI is InChI=1S/C22H15Cl2NO4S/c23-17-6-1-14(2-7-17)13-30-21(22(27)16-4-8-18(24)9-5-16)12-15-3-10-20(26)19(11-15)25(28)29/h1-12,26H,13H2. The summed E-state index contributed by atoms with van der Waals surface area (Å²) in [5.74, 6) is -0.166. The molecule has 0 saturated heterocycles. The second-order valence-electron chi connectivity index (χ2n) is 6.27. The second-order valence-corrected chi connectivity index (χ2v) is 8.16. The Kier molecular flexibility index (Phi) is 7.15. The number of halogens is 2. The SMILES string of the molecule is O=C(C(=Cc1ccc(O)c([N+](=O)[O-])c1)SCc1ccc(Cl)cc1)c1ccc(Cl)cc1. The first kappa shape index (κ1) is 21.9. The molecule has 3 aromatic carbocycles. The fraction of sp³-hybridized carbons (Fsp3) is 0.0455. The summed E-state index contributed by atoms with van der Waals surface area (Å²) in [5.41, 5.74) is 1.42. The number of thioether (sulfide) groups is 1. The van der Waals surface area contributed by atoms with Gasteiger partial charge in [0.25, 0.3) is 0 Å². The zero-order chi connectivity index (χ0) is 21.7. The molecule has 0 fully saturated rings. The average Bonchev–Trinajstić information content (AvgIpc) is 2.73. The molecule has 0 amide bonds. The van der Waals surface area contributed by atoms with Gasteiger partial charge in [0.05, 0.1) is 9.83 Å². The average molecular weight is 460 g/mol. The lowest BCUT2D eigenvalue weighted by molar-refractivity contribution is -0.385. The molecular formula is C22H15Cl2NO4S. The number of nitrogens with zero attached hydrogens (tertiary/aromatic N) is 1. The molecule has 5 nitrogen and oxygen atoms in total. The van der Waals surface area contributed by atoms with Gasteiger partial charge in [-0.05, 0) is 59.7 Å². The second kappa shape index (κ2) is 9.80. The number of Topliss-reactive ketones (excluding diaryl/α,β-unsaturated/α-hetero) is 1. The highest BCUT2D eigenvalue weighted by Crippen LogP contribution is 2.31. The minimum atomic E-state index is -0.672. The number of benzene rings is 3. The van der Waals surface area contributed by atoms with Crippen LogP contribution < -0.4 is 0 Å². The molecule has 0 aliphatic carbocycles. The molecule has 0 unspecified atom stereocenters. The van der Waals surface area contributed by atoms with Gasteiger partial charge in [-0.3, -0.25) is 14.9 Å². The van der Waals surface area contributed by atoms with Gasteiger partial charge in [0.15, 0.2) is 11.5 Å². The molecule has 0 atom stereocenters. The van der Waals surface area contributed by atoms with Crippen molar-refractivity contribution in [3.05, 3.63) is 108 Å². The number of allylic oxidation sites excluding steroid dienone is 1. The maximum atomic E-state index is 13.1. The Morgan fingerprint density at radius 2 is 1.60 bits per heavy atom. The van der Waals surface area contributed by atoms with E-state index in [1.54, 1.807) is 42.5 Å². The third kappa shape index (κ3) is 5.63. The largest absolute Gasteiger partial charge is 0.502 e. The van der Waals surface area contributed by atoms with Crippen LogP contribution in [0.5, 0.6) is 5.75 Å². The molecule has 0 spiro atoms. The highest BCUT2D eigenvalue weighted by molar-refractivity contribution is 8.03. The van der Waals surface area contributed by atoms with E-state index in [1.807, 2.05) is 12.1 Å². The van der Waals surface area contributed by atoms with Crippen molar-refractivity contribution in [1.82, 2.24) is 0 Å². The van der Waals surface area contributed by atoms with Gasteiger partial charge in [-0.2, -0.15) is 0 Å². The van der Waals surface area contributed by atoms with Gasteiger partial charge >= 0.3 is 5.69 Å². The number of carbonyl (C=O) groups excluding carboxylic acids is 1. The Labute approximate surface area is 187 Å². The molecule has 1 N–H and O–H groups in total. The number of carbonyl (C=O) groups is 1. The maximum Gasteiger partial charge on any atom is 0.311 e. The predicted octanol–water partition coefficient (Wildman–Crippen LogP) is 6.76. The van der Waals surface area contributed by atoms with E-state index < -0.39 is 16.4 Å². The van der Waals surface area contributed by atoms with E-state index in [1.165, 1.54) is 30.0 Å². The van der Waals surface area contributed by atoms with E-state index in [4.69, 9.17) is 23.2 Å². The number of phenolic OH excluding ortho intramolecular Hbond substituents is 1. The lowest BCUT2D eigenvalue weighted by Gasteiger charge is -2.08. The first-order chi connectivity index (χ1) is 14.3. The summed E-state index contributed by atoms with van der Waals surface area (Å²) in [6, 6.07) is 17.8. The predicted molar refractivity (Wildman–Crippen MR) is 121 cm³/mol. The molecule has 3 rings (SSSR count). The van der Waals surface area contributed by atoms with Gasteiger partial charge in [0.2, 0.25) is 0 Å². The van der Waals surface area contributed by atoms with Crippen molar-refractivity contribution in [2.45, 2.75) is 5.75 Å². The number of hydrogen-bond donors (Lipinski definition) is 1. The molecule has 8 heteroatoms. The third-order valence-electron chi connectivity index (χ3n) is 4.13. The molecule has 0 radical (unpaired) electrons. The van der Waals surface area contributed by atoms with Crippen molar-refractivity contribution in [2.75, 3.05) is 0 Å². The van der Waals surface area contributed by atoms with Crippen LogP contribution >= 0.6 is 35.0 Å². The van der Waals surface area contributed by atoms with Crippen molar-refractivity contribution in [3.63, 3.8) is 0 Å². The third-order valence-corrected chi connectivity index (χ3v) is 5.73. The number of phenols is 1. The first-order valence-corrected chi connectivity index (χ1v) is 10.4. The van der Waals surface area contributed by atoms with Crippen LogP contribution in [-0.4, -0.2) is 15.8 Å². The molecule has 152 valence electrons. The summed E-state index contributed by atoms with van der Waals surface area (Å²) in [4.78, 5) is 23.9. The summed E-state index contributed by atoms with van der Waals surface area (Å²) in [6.07, 6.45) is 1.57. The van der Waals surface area contributed by atoms with Crippen molar-refractivity contribution < 1.29 is 14.8 Å². The van der Waals surface area contributed by atoms with E-state index >= 15 is 0 Å². The summed E-state index contributed by atoms with van der Waals surface area (Å²) < 4.78 is 0. The monoisotopic (exact) mass is 459 g/mol. The zero-order valence-corrected chi connectivity index (χ0v) is 17.7. The molecule has 30 heavy (non-hydrogen) atoms. The normalized spacial score (nSPS) is 11.3. The first-order valence-electron chi connectivity index (χ1n) is 8.70. The van der Waals surface area contributed by atoms with Crippen LogP contribution in [-0.2, 0) is 5.75 Å². The van der Waals surface area contributed by atoms with Crippen LogP contribution in [0.25, 0.3) is 6.08 Å². The van der Waals surface area contributed by atoms with Gasteiger partial charge in [-0.1, -0.05) is 41.4 Å². The van der Waals surface area contributed by atoms with Gasteiger partial charge < -0.3 is 5.11 Å². The molecule has 0 heterocycles. The number of hydrogen-bond acceptors (Lipinski definition) is 5. The van der Waals surface area contributed by atoms with Gasteiger partial charge in [-0.15, -0.1) is 11.8 Å². The van der Waals surface area contributed by atoms with Gasteiger partial charge in [0, 0.05) is 27.4 Å². The van der Waals surface area contributed by atoms with E-state index in [-0.39, 0.29) is 5.78 Å². The van der Waals surface area contributed by atoms with E-state index in [0.29, 0.717) is 31.8 Å². The quantitative estimate of drug-likeness (QED) is 0.182. The Morgan fingerprint density at radius 1 is 1.00 bits per heavy atom. The fourth-order valence-corrected chi connectivity index (χ4v) is 3.82. The van der Waals surface area contributed by atoms with E-state index in [0.717, 1.165) is 5.56 Å². The Hall–Kier alpha value is -2.80. The maximum absolute atomic E-state index is 13.1. The topological polar surface area (TPSA) is 80.4 Å². The molecule has 3 aromatic rings. The van der Waals surface area contributed by atoms with Crippen molar-refractivity contribution in [1.29, 1.82) is 0 Å². The fourth-order valence-electron chi connectivity index (χ4n) is 2.59. The number of ketones is 1. The number of aromatic hydroxyl groups is 1. The highest BCUT2D eigenvalue weighted by Gasteiger charge is 2.17. The Morgan fingerprint density at radius 3 is 2.20 bits per heavy atom. The van der Waals surface area contributed by atoms with Gasteiger partial charge in [0.1, 0.15) is 0 Å². The number of nitro benzene ring substituents is 1. The van der Waals surface area contributed by atoms with Crippen LogP contribution in [0.15, 0.2) is 71.6 Å². The van der Waals surface area contributed by atoms with Crippen LogP contribution in [0.1, 0.15) is 21.5 Å². The van der Waals surface area contributed by atoms with E-state index in [2.05, 4.69) is 0 Å². The molecule has 0 saturated carbocycles. The molecule has 0 aromatic heterocycles. The summed E-state index contributed by atoms with van der Waals surface area (Å²) >= 11 is 13.1. The minimum Gasteiger partial charge on any atom is -0.502 e. The van der Waals surface area contributed by atoms with Crippen LogP contribution in [0.4, 0.5) is 5.69 Å². The summed E-state index contributed by atoms with van der Waals surface area (Å²) in [5, 5.41) is 21.9. The lowest BCUT2D eigenvalue weighted by atomic mass is 10.1. The van der Waals surface area contributed by atoms with Crippen molar-refractivity contribution in [2.24, 2.45) is 0 Å². The Balaban J connectivity index is 1.95. The Bertz CT molecular complexity index is 1110. The van der Waals surface area contributed by atoms with Crippen LogP contribution in [0.3, 0.4) is 0 Å². The zero-order valence-electron chi connectivity index (χ0n) is 15.4. The van der Waals surface area contributed by atoms with Gasteiger partial charge in [-0.25, -0.2) is 0 Å². The smallest absolute Gasteiger partial charge is 0.311 e. The molecular weight excluding hydrogens is 445 g/mol. The van der Waals surface area contributed by atoms with Crippen LogP contribution in [0.2, 0.25) is 10.0 Å². The van der Waals surface area contributed by atoms with Crippen LogP contribution in [0, 0.1) is 10.1 Å². The molecule has 0 bridgehead atoms. The highest BCUT2D eigenvalue weighted by atomic mass is 35.5. The number of rotatable bonds is 7. The minimum absolute atomic E-state index is 0.235. The summed E-state index contributed by atoms with van der Waals surface area (Å²) in [7, 11) is 0. The van der Waals surface area contributed by atoms with E-state index in [9.17, 15) is 20.0 Å². The molecule has 0 aliphatic heterocycles. The van der Waals surface area contributed by atoms with Crippen molar-refractivity contribution >= 4 is 52.5 Å².